The average Bonchev–Trinajstić information content (AvgIpc) is 3.06. The van der Waals surface area contributed by atoms with Gasteiger partial charge in [-0.3, -0.25) is 0 Å². The first kappa shape index (κ1) is 14.3. The van der Waals surface area contributed by atoms with Crippen LogP contribution in [0.15, 0.2) is 4.21 Å². The van der Waals surface area contributed by atoms with Crippen molar-refractivity contribution >= 4 is 26.5 Å². The van der Waals surface area contributed by atoms with Gasteiger partial charge in [-0.1, -0.05) is 24.2 Å². The number of nitrogens with zero attached hydrogens (tertiary/aromatic N) is 2. The fourth-order valence-electron chi connectivity index (χ4n) is 3.63. The summed E-state index contributed by atoms with van der Waals surface area (Å²) >= 11 is 1.09. The molecule has 0 aromatic carbocycles. The van der Waals surface area contributed by atoms with Gasteiger partial charge in [0.1, 0.15) is 0 Å². The number of hydrogen-bond donors (Lipinski definition) is 1. The Morgan fingerprint density at radius 2 is 1.95 bits per heavy atom. The second-order valence-electron chi connectivity index (χ2n) is 5.79. The SMILES string of the molecule is Cc1nc(N)sc1S(=O)(=O)N1CCCC1C1CCCC1. The smallest absolute Gasteiger partial charge is 0.254 e. The zero-order valence-electron chi connectivity index (χ0n) is 11.7. The van der Waals surface area contributed by atoms with Crippen LogP contribution in [0, 0.1) is 12.8 Å². The van der Waals surface area contributed by atoms with Gasteiger partial charge in [-0.15, -0.1) is 0 Å². The molecule has 1 aromatic heterocycles. The van der Waals surface area contributed by atoms with E-state index in [-0.39, 0.29) is 6.04 Å². The minimum atomic E-state index is -3.43. The molecule has 5 nitrogen and oxygen atoms in total. The maximum atomic E-state index is 12.9. The Bertz CT molecular complexity index is 591. The summed E-state index contributed by atoms with van der Waals surface area (Å²) in [6.45, 7) is 2.36. The van der Waals surface area contributed by atoms with Crippen molar-refractivity contribution in [2.24, 2.45) is 5.92 Å². The van der Waals surface area contributed by atoms with E-state index in [0.29, 0.717) is 27.5 Å². The molecule has 0 bridgehead atoms. The van der Waals surface area contributed by atoms with Crippen molar-refractivity contribution in [1.29, 1.82) is 0 Å². The summed E-state index contributed by atoms with van der Waals surface area (Å²) in [4.78, 5) is 4.06. The molecule has 1 saturated carbocycles. The number of aromatic nitrogens is 1. The third-order valence-corrected chi connectivity index (χ3v) is 8.00. The molecule has 1 atom stereocenters. The topological polar surface area (TPSA) is 76.3 Å². The second-order valence-corrected chi connectivity index (χ2v) is 8.91. The van der Waals surface area contributed by atoms with Gasteiger partial charge in [0, 0.05) is 12.6 Å². The lowest BCUT2D eigenvalue weighted by Gasteiger charge is -2.28. The number of nitrogens with two attached hydrogens (primary N) is 1. The van der Waals surface area contributed by atoms with Gasteiger partial charge in [0.2, 0.25) is 0 Å². The van der Waals surface area contributed by atoms with Crippen LogP contribution in [0.25, 0.3) is 0 Å². The molecule has 2 aliphatic rings. The highest BCUT2D eigenvalue weighted by Gasteiger charge is 2.41. The molecule has 20 heavy (non-hydrogen) atoms. The average molecular weight is 315 g/mol. The van der Waals surface area contributed by atoms with Crippen LogP contribution in [-0.2, 0) is 10.0 Å². The normalized spacial score (nSPS) is 25.6. The van der Waals surface area contributed by atoms with Crippen LogP contribution in [0.5, 0.6) is 0 Å². The molecule has 1 aliphatic heterocycles. The third-order valence-electron chi connectivity index (χ3n) is 4.51. The van der Waals surface area contributed by atoms with Crippen molar-refractivity contribution in [2.75, 3.05) is 12.3 Å². The van der Waals surface area contributed by atoms with Crippen molar-refractivity contribution in [3.63, 3.8) is 0 Å². The quantitative estimate of drug-likeness (QED) is 0.929. The Balaban J connectivity index is 1.91. The van der Waals surface area contributed by atoms with E-state index in [4.69, 9.17) is 5.73 Å². The molecule has 0 spiro atoms. The van der Waals surface area contributed by atoms with Crippen LogP contribution in [0.3, 0.4) is 0 Å². The van der Waals surface area contributed by atoms with Crippen LogP contribution in [0.4, 0.5) is 5.13 Å². The van der Waals surface area contributed by atoms with Gasteiger partial charge >= 0.3 is 0 Å². The standard InChI is InChI=1S/C13H21N3O2S2/c1-9-12(19-13(14)15-9)20(17,18)16-8-4-7-11(16)10-5-2-3-6-10/h10-11H,2-8H2,1H3,(H2,14,15). The number of rotatable bonds is 3. The molecule has 0 amide bonds. The molecule has 1 saturated heterocycles. The van der Waals surface area contributed by atoms with Gasteiger partial charge < -0.3 is 5.73 Å². The summed E-state index contributed by atoms with van der Waals surface area (Å²) in [6.07, 6.45) is 6.77. The molecule has 2 heterocycles. The van der Waals surface area contributed by atoms with Crippen molar-refractivity contribution < 1.29 is 8.42 Å². The van der Waals surface area contributed by atoms with Crippen LogP contribution in [0.2, 0.25) is 0 Å². The minimum Gasteiger partial charge on any atom is -0.375 e. The first-order valence-corrected chi connectivity index (χ1v) is 9.50. The number of thiazole rings is 1. The summed E-state index contributed by atoms with van der Waals surface area (Å²) in [5.74, 6) is 0.540. The molecule has 112 valence electrons. The summed E-state index contributed by atoms with van der Waals surface area (Å²) in [7, 11) is -3.43. The minimum absolute atomic E-state index is 0.185. The lowest BCUT2D eigenvalue weighted by atomic mass is 9.97. The van der Waals surface area contributed by atoms with E-state index in [1.54, 1.807) is 11.2 Å². The van der Waals surface area contributed by atoms with Gasteiger partial charge in [-0.05, 0) is 38.5 Å². The molecule has 1 unspecified atom stereocenters. The number of aryl methyl sites for hydroxylation is 1. The fraction of sp³-hybridized carbons (Fsp3) is 0.769. The maximum Gasteiger partial charge on any atom is 0.254 e. The van der Waals surface area contributed by atoms with E-state index in [1.165, 1.54) is 25.7 Å². The van der Waals surface area contributed by atoms with Gasteiger partial charge in [0.25, 0.3) is 10.0 Å². The summed E-state index contributed by atoms with van der Waals surface area (Å²) in [6, 6.07) is 0.185. The predicted octanol–water partition coefficient (Wildman–Crippen LogP) is 2.38. The highest BCUT2D eigenvalue weighted by molar-refractivity contribution is 7.91. The Kier molecular flexibility index (Phi) is 3.77. The van der Waals surface area contributed by atoms with Gasteiger partial charge in [-0.2, -0.15) is 4.31 Å². The van der Waals surface area contributed by atoms with E-state index in [9.17, 15) is 8.42 Å². The molecule has 7 heteroatoms. The molecule has 2 N–H and O–H groups in total. The van der Waals surface area contributed by atoms with E-state index in [2.05, 4.69) is 4.98 Å². The van der Waals surface area contributed by atoms with E-state index in [1.807, 2.05) is 0 Å². The molecule has 2 fully saturated rings. The lowest BCUT2D eigenvalue weighted by Crippen LogP contribution is -2.39. The molecule has 0 radical (unpaired) electrons. The first-order valence-electron chi connectivity index (χ1n) is 7.25. The zero-order chi connectivity index (χ0) is 14.3. The van der Waals surface area contributed by atoms with Crippen LogP contribution >= 0.6 is 11.3 Å². The molecular weight excluding hydrogens is 294 g/mol. The largest absolute Gasteiger partial charge is 0.375 e. The zero-order valence-corrected chi connectivity index (χ0v) is 13.3. The van der Waals surface area contributed by atoms with Gasteiger partial charge in [0.15, 0.2) is 9.34 Å². The van der Waals surface area contributed by atoms with Crippen LogP contribution in [0.1, 0.15) is 44.2 Å². The van der Waals surface area contributed by atoms with Gasteiger partial charge in [-0.25, -0.2) is 13.4 Å². The maximum absolute atomic E-state index is 12.9. The van der Waals surface area contributed by atoms with Crippen LogP contribution in [-0.4, -0.2) is 30.3 Å². The molecular formula is C13H21N3O2S2. The van der Waals surface area contributed by atoms with Crippen molar-refractivity contribution in [2.45, 2.75) is 55.7 Å². The Labute approximate surface area is 124 Å². The summed E-state index contributed by atoms with van der Waals surface area (Å²) < 4.78 is 27.8. The highest BCUT2D eigenvalue weighted by Crippen LogP contribution is 2.39. The van der Waals surface area contributed by atoms with Crippen molar-refractivity contribution in [1.82, 2.24) is 9.29 Å². The summed E-state index contributed by atoms with van der Waals surface area (Å²) in [5, 5.41) is 0.331. The first-order chi connectivity index (χ1) is 9.50. The number of sulfonamides is 1. The van der Waals surface area contributed by atoms with Gasteiger partial charge in [0.05, 0.1) is 5.69 Å². The number of hydrogen-bond acceptors (Lipinski definition) is 5. The number of nitrogen functional groups attached to an aromatic ring is 1. The van der Waals surface area contributed by atoms with E-state index in [0.717, 1.165) is 24.2 Å². The lowest BCUT2D eigenvalue weighted by molar-refractivity contribution is 0.288. The Hall–Kier alpha value is -0.660. The van der Waals surface area contributed by atoms with Crippen molar-refractivity contribution in [3.8, 4) is 0 Å². The van der Waals surface area contributed by atoms with Crippen molar-refractivity contribution in [3.05, 3.63) is 5.69 Å². The fourth-order valence-corrected chi connectivity index (χ4v) is 6.79. The monoisotopic (exact) mass is 315 g/mol. The third kappa shape index (κ3) is 2.35. The number of anilines is 1. The summed E-state index contributed by atoms with van der Waals surface area (Å²) in [5.41, 5.74) is 6.19. The molecule has 1 aliphatic carbocycles. The van der Waals surface area contributed by atoms with E-state index >= 15 is 0 Å². The second kappa shape index (κ2) is 5.27. The molecule has 3 rings (SSSR count). The van der Waals surface area contributed by atoms with Crippen LogP contribution < -0.4 is 5.73 Å². The Morgan fingerprint density at radius 1 is 1.25 bits per heavy atom. The predicted molar refractivity (Wildman–Crippen MR) is 80.1 cm³/mol. The highest BCUT2D eigenvalue weighted by atomic mass is 32.2. The molecule has 1 aromatic rings. The van der Waals surface area contributed by atoms with E-state index < -0.39 is 10.0 Å². The Morgan fingerprint density at radius 3 is 2.55 bits per heavy atom.